The van der Waals surface area contributed by atoms with E-state index in [0.717, 1.165) is 11.0 Å². The summed E-state index contributed by atoms with van der Waals surface area (Å²) in [6.45, 7) is -0.267. The van der Waals surface area contributed by atoms with E-state index >= 15 is 0 Å². The molecule has 1 amide bonds. The molecule has 2 aliphatic heterocycles. The van der Waals surface area contributed by atoms with Crippen molar-refractivity contribution in [1.82, 2.24) is 14.8 Å². The number of aromatic nitrogens is 3. The number of hydrogen-bond acceptors (Lipinski definition) is 9. The van der Waals surface area contributed by atoms with Gasteiger partial charge in [0.2, 0.25) is 5.82 Å². The van der Waals surface area contributed by atoms with Crippen molar-refractivity contribution < 1.29 is 33.1 Å². The van der Waals surface area contributed by atoms with Crippen molar-refractivity contribution in [2.24, 2.45) is 5.73 Å². The zero-order valence-corrected chi connectivity index (χ0v) is 10.8. The van der Waals surface area contributed by atoms with Crippen LogP contribution in [0.25, 0.3) is 0 Å². The van der Waals surface area contributed by atoms with Gasteiger partial charge in [0, 0.05) is 0 Å². The van der Waals surface area contributed by atoms with E-state index in [0.29, 0.717) is 0 Å². The quantitative estimate of drug-likeness (QED) is 0.563. The SMILES string of the molecule is NC(=O)c1ncn([C@@H]2O[C@@H]3COP(=O)([O-])O[C@H]3[C@H]2O)n1. The molecule has 2 saturated heterocycles. The molecular weight excluding hydrogens is 295 g/mol. The second-order valence-electron chi connectivity index (χ2n) is 4.28. The topological polar surface area (TPSA) is 162 Å². The molecule has 5 atom stereocenters. The summed E-state index contributed by atoms with van der Waals surface area (Å²) in [6.07, 6.45) is -3.09. The smallest absolute Gasteiger partial charge is 0.288 e. The molecular formula is C8H10N4O7P-. The van der Waals surface area contributed by atoms with Gasteiger partial charge in [-0.25, -0.2) is 9.67 Å². The van der Waals surface area contributed by atoms with Crippen molar-refractivity contribution in [2.45, 2.75) is 24.5 Å². The summed E-state index contributed by atoms with van der Waals surface area (Å²) < 4.78 is 26.8. The molecule has 0 saturated carbocycles. The number of phosphoric ester groups is 1. The predicted molar refractivity (Wildman–Crippen MR) is 56.9 cm³/mol. The molecule has 1 aromatic heterocycles. The molecule has 12 heteroatoms. The standard InChI is InChI=1S/C8H11N4O7P/c9-6(14)7-10-2-12(11-7)8-4(13)5-3(18-8)1-17-20(15,16)19-5/h2-5,8,13H,1H2,(H2,9,14)(H,15,16)/p-1/t3-,4-,5-,8-/m1/s1. The molecule has 11 nitrogen and oxygen atoms in total. The lowest BCUT2D eigenvalue weighted by molar-refractivity contribution is -0.245. The number of rotatable bonds is 2. The summed E-state index contributed by atoms with van der Waals surface area (Å²) in [5.41, 5.74) is 5.01. The van der Waals surface area contributed by atoms with E-state index in [9.17, 15) is 19.4 Å². The van der Waals surface area contributed by atoms with Crippen LogP contribution < -0.4 is 10.6 Å². The fraction of sp³-hybridized carbons (Fsp3) is 0.625. The highest BCUT2D eigenvalue weighted by molar-refractivity contribution is 7.45. The molecule has 20 heavy (non-hydrogen) atoms. The van der Waals surface area contributed by atoms with Gasteiger partial charge in [0.15, 0.2) is 6.23 Å². The molecule has 0 aromatic carbocycles. The lowest BCUT2D eigenvalue weighted by Crippen LogP contribution is -2.41. The van der Waals surface area contributed by atoms with Crippen molar-refractivity contribution in [3.8, 4) is 0 Å². The maximum atomic E-state index is 11.2. The number of phosphoric acid groups is 1. The van der Waals surface area contributed by atoms with Gasteiger partial charge in [-0.05, 0) is 0 Å². The number of ether oxygens (including phenoxy) is 1. The Kier molecular flexibility index (Phi) is 3.12. The van der Waals surface area contributed by atoms with E-state index < -0.39 is 38.3 Å². The molecule has 0 aliphatic carbocycles. The van der Waals surface area contributed by atoms with Gasteiger partial charge in [-0.2, -0.15) is 0 Å². The fourth-order valence-electron chi connectivity index (χ4n) is 2.06. The van der Waals surface area contributed by atoms with Crippen molar-refractivity contribution in [3.63, 3.8) is 0 Å². The van der Waals surface area contributed by atoms with Crippen LogP contribution in [0.2, 0.25) is 0 Å². The first-order valence-electron chi connectivity index (χ1n) is 5.56. The van der Waals surface area contributed by atoms with Crippen molar-refractivity contribution in [2.75, 3.05) is 6.61 Å². The Morgan fingerprint density at radius 1 is 1.65 bits per heavy atom. The Morgan fingerprint density at radius 3 is 3.05 bits per heavy atom. The Balaban J connectivity index is 1.82. The van der Waals surface area contributed by atoms with Crippen LogP contribution >= 0.6 is 7.82 Å². The predicted octanol–water partition coefficient (Wildman–Crippen LogP) is -2.48. The molecule has 1 aromatic rings. The summed E-state index contributed by atoms with van der Waals surface area (Å²) >= 11 is 0. The molecule has 3 rings (SSSR count). The second kappa shape index (κ2) is 4.58. The zero-order valence-electron chi connectivity index (χ0n) is 9.86. The van der Waals surface area contributed by atoms with Gasteiger partial charge in [0.25, 0.3) is 13.7 Å². The maximum Gasteiger partial charge on any atom is 0.288 e. The third kappa shape index (κ3) is 2.24. The maximum absolute atomic E-state index is 11.2. The molecule has 0 spiro atoms. The summed E-state index contributed by atoms with van der Waals surface area (Å²) in [7, 11) is -4.43. The van der Waals surface area contributed by atoms with Crippen LogP contribution in [-0.2, 0) is 18.3 Å². The van der Waals surface area contributed by atoms with E-state index in [-0.39, 0.29) is 12.4 Å². The van der Waals surface area contributed by atoms with E-state index in [2.05, 4.69) is 19.1 Å². The van der Waals surface area contributed by atoms with Crippen LogP contribution in [0.1, 0.15) is 16.8 Å². The Labute approximate surface area is 111 Å². The second-order valence-corrected chi connectivity index (χ2v) is 5.64. The fourth-order valence-corrected chi connectivity index (χ4v) is 3.01. The van der Waals surface area contributed by atoms with Crippen molar-refractivity contribution in [1.29, 1.82) is 0 Å². The van der Waals surface area contributed by atoms with Crippen LogP contribution in [0.5, 0.6) is 0 Å². The van der Waals surface area contributed by atoms with Crippen LogP contribution in [-0.4, -0.2) is 50.7 Å². The number of amides is 1. The molecule has 2 fully saturated rings. The number of fused-ring (bicyclic) bond motifs is 1. The molecule has 2 aliphatic rings. The lowest BCUT2D eigenvalue weighted by atomic mass is 10.1. The summed E-state index contributed by atoms with van der Waals surface area (Å²) in [4.78, 5) is 25.7. The number of aliphatic hydroxyl groups excluding tert-OH is 1. The first-order valence-corrected chi connectivity index (χ1v) is 7.02. The van der Waals surface area contributed by atoms with Crippen LogP contribution in [0, 0.1) is 0 Å². The Morgan fingerprint density at radius 2 is 2.40 bits per heavy atom. The average molecular weight is 305 g/mol. The van der Waals surface area contributed by atoms with E-state index in [1.165, 1.54) is 0 Å². The minimum atomic E-state index is -4.43. The number of carbonyl (C=O) groups excluding carboxylic acids is 1. The van der Waals surface area contributed by atoms with Gasteiger partial charge in [-0.3, -0.25) is 9.36 Å². The zero-order chi connectivity index (χ0) is 14.5. The highest BCUT2D eigenvalue weighted by Gasteiger charge is 2.50. The van der Waals surface area contributed by atoms with Gasteiger partial charge in [-0.1, -0.05) is 0 Å². The number of nitrogens with two attached hydrogens (primary N) is 1. The molecule has 110 valence electrons. The van der Waals surface area contributed by atoms with Gasteiger partial charge >= 0.3 is 0 Å². The molecule has 3 heterocycles. The third-order valence-corrected chi connectivity index (χ3v) is 3.91. The van der Waals surface area contributed by atoms with Gasteiger partial charge in [-0.15, -0.1) is 5.10 Å². The summed E-state index contributed by atoms with van der Waals surface area (Å²) in [5, 5.41) is 13.8. The third-order valence-electron chi connectivity index (χ3n) is 2.95. The minimum Gasteiger partial charge on any atom is -0.756 e. The van der Waals surface area contributed by atoms with Gasteiger partial charge in [0.1, 0.15) is 24.6 Å². The number of primary amides is 1. The van der Waals surface area contributed by atoms with E-state index in [4.69, 9.17) is 10.5 Å². The normalized spacial score (nSPS) is 40.5. The lowest BCUT2D eigenvalue weighted by Gasteiger charge is -2.34. The van der Waals surface area contributed by atoms with Crippen molar-refractivity contribution in [3.05, 3.63) is 12.2 Å². The molecule has 3 N–H and O–H groups in total. The first kappa shape index (κ1) is 13.6. The van der Waals surface area contributed by atoms with E-state index in [1.54, 1.807) is 0 Å². The number of hydrogen-bond donors (Lipinski definition) is 2. The monoisotopic (exact) mass is 305 g/mol. The average Bonchev–Trinajstić information content (AvgIpc) is 2.95. The van der Waals surface area contributed by atoms with Gasteiger partial charge < -0.3 is 29.5 Å². The number of nitrogens with zero attached hydrogens (tertiary/aromatic N) is 3. The molecule has 0 bridgehead atoms. The summed E-state index contributed by atoms with van der Waals surface area (Å²) in [5.74, 6) is -1.08. The van der Waals surface area contributed by atoms with Crippen LogP contribution in [0.3, 0.4) is 0 Å². The van der Waals surface area contributed by atoms with Crippen LogP contribution in [0.15, 0.2) is 6.33 Å². The Hall–Kier alpha value is -1.36. The van der Waals surface area contributed by atoms with Gasteiger partial charge in [0.05, 0.1) is 6.61 Å². The minimum absolute atomic E-state index is 0.248. The first-order chi connectivity index (χ1) is 9.37. The van der Waals surface area contributed by atoms with E-state index in [1.807, 2.05) is 0 Å². The largest absolute Gasteiger partial charge is 0.756 e. The van der Waals surface area contributed by atoms with Crippen LogP contribution in [0.4, 0.5) is 0 Å². The Bertz CT molecular complexity index is 591. The summed E-state index contributed by atoms with van der Waals surface area (Å²) in [6, 6.07) is 0. The van der Waals surface area contributed by atoms with Crippen molar-refractivity contribution >= 4 is 13.7 Å². The molecule has 1 unspecified atom stereocenters. The molecule has 0 radical (unpaired) electrons. The highest BCUT2D eigenvalue weighted by atomic mass is 31.2. The highest BCUT2D eigenvalue weighted by Crippen LogP contribution is 2.49. The number of aliphatic hydroxyl groups is 1. The number of carbonyl (C=O) groups is 1.